The molecule has 234 valence electrons. The largest absolute Gasteiger partial charge is 0.462 e. The Hall–Kier alpha value is -2.78. The van der Waals surface area contributed by atoms with Crippen LogP contribution in [0.5, 0.6) is 0 Å². The first kappa shape index (κ1) is 37.2. The van der Waals surface area contributed by atoms with Crippen LogP contribution in [0.2, 0.25) is 0 Å². The van der Waals surface area contributed by atoms with Gasteiger partial charge in [0.1, 0.15) is 6.61 Å². The maximum absolute atomic E-state index is 14.4. The van der Waals surface area contributed by atoms with Gasteiger partial charge in [0.05, 0.1) is 0 Å². The lowest BCUT2D eigenvalue weighted by Gasteiger charge is -2.39. The molecule has 0 aliphatic heterocycles. The number of rotatable bonds is 13. The summed E-state index contributed by atoms with van der Waals surface area (Å²) in [6.07, 6.45) is -39.9. The van der Waals surface area contributed by atoms with E-state index < -0.39 is 84.4 Å². The molecule has 3 atom stereocenters. The third kappa shape index (κ3) is 7.69. The van der Waals surface area contributed by atoms with Crippen molar-refractivity contribution in [1.29, 1.82) is 0 Å². The number of hydrogen-bond acceptors (Lipinski definition) is 6. The standard InChI is InChI=1S/C18H14F16O6/c1-6(2)9(35)37-5-8(38-10(36)7(3)4)12(20,21)11(19)39-18(33,34)14(24,16(28,29)30)40-17(31,32)13(22,23)15(25,26)27/h8,11H,1,3,5H2,2,4H3. The van der Waals surface area contributed by atoms with E-state index in [2.05, 4.69) is 27.4 Å². The molecule has 0 saturated carbocycles. The van der Waals surface area contributed by atoms with Crippen molar-refractivity contribution in [1.82, 2.24) is 0 Å². The summed E-state index contributed by atoms with van der Waals surface area (Å²) in [7, 11) is 0. The third-order valence-corrected chi connectivity index (χ3v) is 4.02. The summed E-state index contributed by atoms with van der Waals surface area (Å²) >= 11 is 0. The minimum Gasteiger partial charge on any atom is -0.458 e. The summed E-state index contributed by atoms with van der Waals surface area (Å²) in [5, 5.41) is 0. The van der Waals surface area contributed by atoms with Crippen molar-refractivity contribution >= 4 is 11.9 Å². The minimum atomic E-state index is -7.88. The number of carbonyl (C=O) groups excluding carboxylic acids is 2. The molecule has 0 aromatic rings. The lowest BCUT2D eigenvalue weighted by atomic mass is 10.1. The van der Waals surface area contributed by atoms with E-state index in [4.69, 9.17) is 0 Å². The highest BCUT2D eigenvalue weighted by molar-refractivity contribution is 5.87. The van der Waals surface area contributed by atoms with E-state index >= 15 is 0 Å². The smallest absolute Gasteiger partial charge is 0.458 e. The van der Waals surface area contributed by atoms with Gasteiger partial charge in [0, 0.05) is 11.1 Å². The molecule has 22 heteroatoms. The van der Waals surface area contributed by atoms with Crippen LogP contribution >= 0.6 is 0 Å². The first-order valence-corrected chi connectivity index (χ1v) is 9.43. The van der Waals surface area contributed by atoms with Crippen LogP contribution in [0.3, 0.4) is 0 Å². The van der Waals surface area contributed by atoms with Crippen molar-refractivity contribution < 1.29 is 98.8 Å². The van der Waals surface area contributed by atoms with E-state index in [0.717, 1.165) is 13.8 Å². The predicted molar refractivity (Wildman–Crippen MR) is 93.3 cm³/mol. The second kappa shape index (κ2) is 11.6. The average molecular weight is 630 g/mol. The second-order valence-corrected chi connectivity index (χ2v) is 7.46. The number of esters is 2. The second-order valence-electron chi connectivity index (χ2n) is 7.46. The molecular formula is C18H14F16O6. The van der Waals surface area contributed by atoms with Crippen LogP contribution in [0, 0.1) is 0 Å². The van der Waals surface area contributed by atoms with E-state index in [9.17, 15) is 79.8 Å². The Balaban J connectivity index is 6.53. The molecule has 0 amide bonds. The van der Waals surface area contributed by atoms with Gasteiger partial charge in [0.25, 0.3) is 6.36 Å². The molecule has 0 N–H and O–H groups in total. The van der Waals surface area contributed by atoms with E-state index in [1.54, 1.807) is 0 Å². The van der Waals surface area contributed by atoms with Crippen molar-refractivity contribution in [2.45, 2.75) is 68.6 Å². The molecule has 0 aliphatic carbocycles. The van der Waals surface area contributed by atoms with Gasteiger partial charge in [-0.2, -0.15) is 65.9 Å². The Labute approximate surface area is 211 Å². The molecule has 40 heavy (non-hydrogen) atoms. The zero-order valence-corrected chi connectivity index (χ0v) is 19.3. The third-order valence-electron chi connectivity index (χ3n) is 4.02. The van der Waals surface area contributed by atoms with E-state index in [1.807, 2.05) is 0 Å². The van der Waals surface area contributed by atoms with Crippen molar-refractivity contribution in [3.05, 3.63) is 24.3 Å². The summed E-state index contributed by atoms with van der Waals surface area (Å²) in [6.45, 7) is 5.40. The van der Waals surface area contributed by atoms with Crippen LogP contribution < -0.4 is 0 Å². The summed E-state index contributed by atoms with van der Waals surface area (Å²) in [4.78, 5) is 22.9. The van der Waals surface area contributed by atoms with Crippen molar-refractivity contribution in [2.75, 3.05) is 6.61 Å². The molecule has 0 spiro atoms. The topological polar surface area (TPSA) is 71.1 Å². The van der Waals surface area contributed by atoms with Crippen molar-refractivity contribution in [3.8, 4) is 0 Å². The van der Waals surface area contributed by atoms with Gasteiger partial charge in [-0.05, 0) is 13.8 Å². The van der Waals surface area contributed by atoms with Crippen LogP contribution in [0.25, 0.3) is 0 Å². The van der Waals surface area contributed by atoms with Crippen molar-refractivity contribution in [2.24, 2.45) is 0 Å². The van der Waals surface area contributed by atoms with E-state index in [-0.39, 0.29) is 0 Å². The molecule has 0 bridgehead atoms. The number of ether oxygens (including phenoxy) is 4. The van der Waals surface area contributed by atoms with Crippen LogP contribution in [0.1, 0.15) is 13.8 Å². The maximum atomic E-state index is 14.4. The number of carbonyl (C=O) groups is 2. The lowest BCUT2D eigenvalue weighted by molar-refractivity contribution is -0.542. The van der Waals surface area contributed by atoms with Gasteiger partial charge in [-0.3, -0.25) is 9.47 Å². The average Bonchev–Trinajstić information content (AvgIpc) is 2.73. The highest BCUT2D eigenvalue weighted by Gasteiger charge is 2.84. The minimum absolute atomic E-state index is 0.575. The number of halogens is 16. The van der Waals surface area contributed by atoms with E-state index in [0.29, 0.717) is 0 Å². The van der Waals surface area contributed by atoms with Gasteiger partial charge >= 0.3 is 54.2 Å². The van der Waals surface area contributed by atoms with Gasteiger partial charge in [-0.15, -0.1) is 0 Å². The highest BCUT2D eigenvalue weighted by atomic mass is 19.4. The molecular weight excluding hydrogens is 616 g/mol. The monoisotopic (exact) mass is 630 g/mol. The molecule has 3 unspecified atom stereocenters. The fraction of sp³-hybridized carbons (Fsp3) is 0.667. The Morgan fingerprint density at radius 2 is 1.12 bits per heavy atom. The molecule has 6 nitrogen and oxygen atoms in total. The molecule has 0 aromatic heterocycles. The first-order chi connectivity index (χ1) is 17.4. The van der Waals surface area contributed by atoms with Gasteiger partial charge in [0.15, 0.2) is 0 Å². The summed E-state index contributed by atoms with van der Waals surface area (Å²) in [6, 6.07) is 0. The van der Waals surface area contributed by atoms with Gasteiger partial charge in [0.2, 0.25) is 6.10 Å². The Kier molecular flexibility index (Phi) is 10.8. The molecule has 0 radical (unpaired) electrons. The molecule has 0 aliphatic rings. The maximum Gasteiger partial charge on any atom is 0.462 e. The zero-order chi connectivity index (χ0) is 32.5. The molecule has 0 aromatic carbocycles. The van der Waals surface area contributed by atoms with Gasteiger partial charge in [-0.25, -0.2) is 14.0 Å². The summed E-state index contributed by atoms with van der Waals surface area (Å²) < 4.78 is 224. The van der Waals surface area contributed by atoms with Crippen LogP contribution in [-0.4, -0.2) is 73.3 Å². The predicted octanol–water partition coefficient (Wildman–Crippen LogP) is 6.17. The fourth-order valence-corrected chi connectivity index (χ4v) is 1.85. The molecule has 0 heterocycles. The lowest BCUT2D eigenvalue weighted by Crippen LogP contribution is -2.66. The summed E-state index contributed by atoms with van der Waals surface area (Å²) in [5.41, 5.74) is -1.37. The van der Waals surface area contributed by atoms with Crippen LogP contribution in [-0.2, 0) is 28.5 Å². The molecule has 0 fully saturated rings. The highest BCUT2D eigenvalue weighted by Crippen LogP contribution is 2.55. The summed E-state index contributed by atoms with van der Waals surface area (Å²) in [5.74, 6) is -25.2. The van der Waals surface area contributed by atoms with Crippen LogP contribution in [0.4, 0.5) is 70.2 Å². The Bertz CT molecular complexity index is 972. The first-order valence-electron chi connectivity index (χ1n) is 9.43. The molecule has 0 rings (SSSR count). The fourth-order valence-electron chi connectivity index (χ4n) is 1.85. The van der Waals surface area contributed by atoms with Gasteiger partial charge in [-0.1, -0.05) is 13.2 Å². The zero-order valence-electron chi connectivity index (χ0n) is 19.3. The Morgan fingerprint density at radius 1 is 0.700 bits per heavy atom. The SMILES string of the molecule is C=C(C)C(=O)OCC(OC(=O)C(=C)C)C(F)(F)C(F)OC(F)(F)C(F)(OC(F)(F)C(F)(F)C(F)(F)F)C(F)(F)F. The molecule has 0 saturated heterocycles. The van der Waals surface area contributed by atoms with Crippen molar-refractivity contribution in [3.63, 3.8) is 0 Å². The normalized spacial score (nSPS) is 16.9. The number of hydrogen-bond donors (Lipinski definition) is 0. The van der Waals surface area contributed by atoms with Gasteiger partial charge < -0.3 is 9.47 Å². The Morgan fingerprint density at radius 3 is 1.48 bits per heavy atom. The van der Waals surface area contributed by atoms with Crippen LogP contribution in [0.15, 0.2) is 24.3 Å². The van der Waals surface area contributed by atoms with E-state index in [1.165, 1.54) is 4.74 Å². The number of alkyl halides is 16. The quantitative estimate of drug-likeness (QED) is 0.138.